The average molecular weight is 478 g/mol. The fourth-order valence-electron chi connectivity index (χ4n) is 4.51. The third kappa shape index (κ3) is 5.17. The molecule has 35 heavy (non-hydrogen) atoms. The number of ether oxygens (including phenoxy) is 1. The van der Waals surface area contributed by atoms with Crippen LogP contribution in [0.2, 0.25) is 0 Å². The Hall–Kier alpha value is -3.79. The molecule has 0 saturated carbocycles. The molecule has 2 saturated heterocycles. The van der Waals surface area contributed by atoms with E-state index in [1.165, 1.54) is 6.20 Å². The van der Waals surface area contributed by atoms with E-state index in [-0.39, 0.29) is 24.5 Å². The van der Waals surface area contributed by atoms with Gasteiger partial charge in [0.1, 0.15) is 11.8 Å². The number of hydrogen-bond acceptors (Lipinski definition) is 8. The van der Waals surface area contributed by atoms with Gasteiger partial charge >= 0.3 is 0 Å². The molecule has 3 aromatic rings. The number of piperidine rings is 1. The maximum Gasteiger partial charge on any atom is 0.261 e. The van der Waals surface area contributed by atoms with Crippen molar-refractivity contribution < 1.29 is 24.0 Å². The van der Waals surface area contributed by atoms with Crippen LogP contribution in [0.3, 0.4) is 0 Å². The predicted octanol–water partition coefficient (Wildman–Crippen LogP) is 2.47. The molecular weight excluding hydrogens is 450 g/mol. The third-order valence-electron chi connectivity index (χ3n) is 6.35. The maximum atomic E-state index is 12.9. The molecule has 1 aromatic carbocycles. The van der Waals surface area contributed by atoms with E-state index in [4.69, 9.17) is 9.26 Å². The number of carbonyl (C=O) groups excluding carboxylic acids is 2. The van der Waals surface area contributed by atoms with Crippen molar-refractivity contribution >= 4 is 11.8 Å². The molecule has 2 aliphatic heterocycles. The first-order valence-electron chi connectivity index (χ1n) is 11.8. The van der Waals surface area contributed by atoms with Gasteiger partial charge in [0.25, 0.3) is 11.8 Å². The smallest absolute Gasteiger partial charge is 0.261 e. The van der Waals surface area contributed by atoms with E-state index in [0.717, 1.165) is 12.8 Å². The van der Waals surface area contributed by atoms with Crippen molar-refractivity contribution in [1.82, 2.24) is 24.9 Å². The van der Waals surface area contributed by atoms with Crippen LogP contribution in [0.5, 0.6) is 5.75 Å². The molecule has 2 aromatic heterocycles. The summed E-state index contributed by atoms with van der Waals surface area (Å²) < 4.78 is 11.2. The molecule has 1 N–H and O–H groups in total. The minimum absolute atomic E-state index is 0.0687. The zero-order valence-electron chi connectivity index (χ0n) is 19.2. The van der Waals surface area contributed by atoms with Gasteiger partial charge in [0.2, 0.25) is 11.7 Å². The van der Waals surface area contributed by atoms with Crippen LogP contribution >= 0.6 is 0 Å². The summed E-state index contributed by atoms with van der Waals surface area (Å²) in [6.07, 6.45) is 5.70. The number of amides is 2. The Morgan fingerprint density at radius 2 is 1.97 bits per heavy atom. The molecule has 2 aliphatic rings. The number of hydrogen-bond donors (Lipinski definition) is 1. The third-order valence-corrected chi connectivity index (χ3v) is 6.35. The summed E-state index contributed by atoms with van der Waals surface area (Å²) in [6.45, 7) is 1.35. The van der Waals surface area contributed by atoms with Gasteiger partial charge in [0, 0.05) is 37.6 Å². The number of benzene rings is 1. The van der Waals surface area contributed by atoms with Crippen molar-refractivity contribution in [3.05, 3.63) is 60.2 Å². The lowest BCUT2D eigenvalue weighted by Gasteiger charge is -2.33. The highest BCUT2D eigenvalue weighted by atomic mass is 16.5. The van der Waals surface area contributed by atoms with E-state index in [0.29, 0.717) is 61.1 Å². The lowest BCUT2D eigenvalue weighted by atomic mass is 10.0. The summed E-state index contributed by atoms with van der Waals surface area (Å²) in [7, 11) is 0. The molecule has 0 spiro atoms. The number of β-amino-alcohol motifs (C(OH)–C–C–N with tert-alkyl or cyclic N) is 1. The van der Waals surface area contributed by atoms with Gasteiger partial charge in [0.15, 0.2) is 6.61 Å². The lowest BCUT2D eigenvalue weighted by molar-refractivity contribution is -0.138. The van der Waals surface area contributed by atoms with Crippen molar-refractivity contribution in [2.24, 2.45) is 0 Å². The second kappa shape index (κ2) is 10.2. The van der Waals surface area contributed by atoms with Crippen LogP contribution in [0.25, 0.3) is 11.4 Å². The molecule has 2 amide bonds. The second-order valence-corrected chi connectivity index (χ2v) is 8.81. The number of para-hydroxylation sites is 1. The van der Waals surface area contributed by atoms with E-state index < -0.39 is 6.10 Å². The Kier molecular flexibility index (Phi) is 6.71. The van der Waals surface area contributed by atoms with E-state index >= 15 is 0 Å². The molecular formula is C25H27N5O5. The van der Waals surface area contributed by atoms with Crippen molar-refractivity contribution in [2.45, 2.75) is 37.8 Å². The minimum atomic E-state index is -0.492. The van der Waals surface area contributed by atoms with E-state index in [1.54, 1.807) is 22.1 Å². The van der Waals surface area contributed by atoms with Crippen LogP contribution in [0.15, 0.2) is 53.3 Å². The number of rotatable bonds is 6. The number of likely N-dealkylation sites (tertiary alicyclic amines) is 2. The first-order valence-corrected chi connectivity index (χ1v) is 11.8. The number of aliphatic hydroxyl groups excluding tert-OH is 1. The van der Waals surface area contributed by atoms with Gasteiger partial charge in [-0.2, -0.15) is 4.98 Å². The first-order chi connectivity index (χ1) is 17.1. The van der Waals surface area contributed by atoms with Gasteiger partial charge in [-0.1, -0.05) is 23.4 Å². The summed E-state index contributed by atoms with van der Waals surface area (Å²) in [5, 5.41) is 13.8. The second-order valence-electron chi connectivity index (χ2n) is 8.81. The molecule has 5 rings (SSSR count). The van der Waals surface area contributed by atoms with Gasteiger partial charge in [-0.15, -0.1) is 0 Å². The number of aromatic nitrogens is 3. The van der Waals surface area contributed by atoms with Gasteiger partial charge in [-0.05, 0) is 43.9 Å². The zero-order chi connectivity index (χ0) is 24.2. The Morgan fingerprint density at radius 3 is 2.77 bits per heavy atom. The SMILES string of the molecule is O=C(c1cncc(-c2noc([C@H]3CCCCN3C(=O)COc3ccccc3)n2)c1)N1CCC(O)C1. The Bertz CT molecular complexity index is 1180. The van der Waals surface area contributed by atoms with Gasteiger partial charge in [-0.3, -0.25) is 14.6 Å². The fourth-order valence-corrected chi connectivity index (χ4v) is 4.51. The van der Waals surface area contributed by atoms with Gasteiger partial charge < -0.3 is 24.2 Å². The molecule has 10 heteroatoms. The van der Waals surface area contributed by atoms with Crippen molar-refractivity contribution in [2.75, 3.05) is 26.2 Å². The number of aliphatic hydroxyl groups is 1. The van der Waals surface area contributed by atoms with E-state index in [9.17, 15) is 14.7 Å². The van der Waals surface area contributed by atoms with Gasteiger partial charge in [0.05, 0.1) is 11.7 Å². The summed E-state index contributed by atoms with van der Waals surface area (Å²) in [4.78, 5) is 37.8. The van der Waals surface area contributed by atoms with Crippen molar-refractivity contribution in [3.8, 4) is 17.1 Å². The minimum Gasteiger partial charge on any atom is -0.484 e. The number of carbonyl (C=O) groups is 2. The Labute approximate surface area is 202 Å². The lowest BCUT2D eigenvalue weighted by Crippen LogP contribution is -2.41. The van der Waals surface area contributed by atoms with Crippen LogP contribution in [0, 0.1) is 0 Å². The van der Waals surface area contributed by atoms with Crippen molar-refractivity contribution in [1.29, 1.82) is 0 Å². The first kappa shape index (κ1) is 23.0. The van der Waals surface area contributed by atoms with E-state index in [1.807, 2.05) is 30.3 Å². The van der Waals surface area contributed by atoms with Crippen LogP contribution in [-0.2, 0) is 4.79 Å². The molecule has 2 atom stereocenters. The highest BCUT2D eigenvalue weighted by Gasteiger charge is 2.33. The highest BCUT2D eigenvalue weighted by molar-refractivity contribution is 5.95. The predicted molar refractivity (Wildman–Crippen MR) is 124 cm³/mol. The van der Waals surface area contributed by atoms with Crippen LogP contribution in [0.1, 0.15) is 48.0 Å². The largest absolute Gasteiger partial charge is 0.484 e. The monoisotopic (exact) mass is 477 g/mol. The summed E-state index contributed by atoms with van der Waals surface area (Å²) in [6, 6.07) is 10.6. The summed E-state index contributed by atoms with van der Waals surface area (Å²) in [5.41, 5.74) is 0.946. The van der Waals surface area contributed by atoms with Crippen molar-refractivity contribution in [3.63, 3.8) is 0 Å². The average Bonchev–Trinajstić information content (AvgIpc) is 3.57. The summed E-state index contributed by atoms with van der Waals surface area (Å²) in [5.74, 6) is 0.969. The fraction of sp³-hybridized carbons (Fsp3) is 0.400. The molecule has 182 valence electrons. The molecule has 0 bridgehead atoms. The Balaban J connectivity index is 1.29. The number of pyridine rings is 1. The molecule has 4 heterocycles. The zero-order valence-corrected chi connectivity index (χ0v) is 19.2. The molecule has 0 radical (unpaired) electrons. The standard InChI is InChI=1S/C25H27N5O5/c31-19-9-11-29(15-19)25(33)18-12-17(13-26-14-18)23-27-24(35-28-23)21-8-4-5-10-30(21)22(32)16-34-20-6-2-1-3-7-20/h1-3,6-7,12-14,19,21,31H,4-5,8-11,15-16H2/t19?,21-/m1/s1. The molecule has 10 nitrogen and oxygen atoms in total. The number of nitrogens with zero attached hydrogens (tertiary/aromatic N) is 5. The van der Waals surface area contributed by atoms with Crippen LogP contribution in [-0.4, -0.2) is 74.2 Å². The van der Waals surface area contributed by atoms with Crippen LogP contribution < -0.4 is 4.74 Å². The summed E-state index contributed by atoms with van der Waals surface area (Å²) >= 11 is 0. The van der Waals surface area contributed by atoms with Crippen LogP contribution in [0.4, 0.5) is 0 Å². The molecule has 1 unspecified atom stereocenters. The molecule has 2 fully saturated rings. The highest BCUT2D eigenvalue weighted by Crippen LogP contribution is 2.31. The topological polar surface area (TPSA) is 122 Å². The maximum absolute atomic E-state index is 12.9. The Morgan fingerprint density at radius 1 is 1.11 bits per heavy atom. The molecule has 0 aliphatic carbocycles. The van der Waals surface area contributed by atoms with Gasteiger partial charge in [-0.25, -0.2) is 0 Å². The van der Waals surface area contributed by atoms with E-state index in [2.05, 4.69) is 15.1 Å². The quantitative estimate of drug-likeness (QED) is 0.575. The normalized spacial score (nSPS) is 20.1.